The number of amides is 1. The average molecular weight is 280 g/mol. The standard InChI is InChI=1S/C13H16N2OS2/c1-3-6-15(8-10-4-5-10)12(16)7-11-9(2)14-13(17)18-11/h1,10H,4-8H2,2H3,(H,14,17). The first-order valence-electron chi connectivity index (χ1n) is 6.00. The second-order valence-electron chi connectivity index (χ2n) is 4.66. The minimum Gasteiger partial charge on any atom is -0.341 e. The number of aryl methyl sites for hydroxylation is 1. The van der Waals surface area contributed by atoms with Gasteiger partial charge in [0.1, 0.15) is 0 Å². The summed E-state index contributed by atoms with van der Waals surface area (Å²) in [5.41, 5.74) is 0.991. The number of thiazole rings is 1. The molecule has 5 heteroatoms. The van der Waals surface area contributed by atoms with E-state index in [-0.39, 0.29) is 5.91 Å². The molecule has 1 aromatic rings. The molecule has 0 saturated heterocycles. The van der Waals surface area contributed by atoms with Gasteiger partial charge in [0, 0.05) is 17.1 Å². The third-order valence-electron chi connectivity index (χ3n) is 3.05. The Morgan fingerprint density at radius 3 is 2.89 bits per heavy atom. The molecule has 0 spiro atoms. The summed E-state index contributed by atoms with van der Waals surface area (Å²) in [5.74, 6) is 3.33. The number of nitrogens with one attached hydrogen (secondary N) is 1. The predicted molar refractivity (Wildman–Crippen MR) is 76.1 cm³/mol. The van der Waals surface area contributed by atoms with Crippen molar-refractivity contribution in [1.29, 1.82) is 0 Å². The first kappa shape index (κ1) is 13.3. The summed E-state index contributed by atoms with van der Waals surface area (Å²) in [4.78, 5) is 18.1. The van der Waals surface area contributed by atoms with Crippen molar-refractivity contribution in [1.82, 2.24) is 9.88 Å². The Bertz CT molecular complexity index is 534. The fraction of sp³-hybridized carbons (Fsp3) is 0.538. The second-order valence-corrected chi connectivity index (χ2v) is 6.43. The number of terminal acetylenes is 1. The van der Waals surface area contributed by atoms with Crippen LogP contribution in [0, 0.1) is 29.1 Å². The molecule has 1 heterocycles. The van der Waals surface area contributed by atoms with Crippen LogP contribution in [0.4, 0.5) is 0 Å². The van der Waals surface area contributed by atoms with Crippen LogP contribution in [0.1, 0.15) is 23.4 Å². The highest BCUT2D eigenvalue weighted by Crippen LogP contribution is 2.30. The number of carbonyl (C=O) groups is 1. The van der Waals surface area contributed by atoms with Gasteiger partial charge in [0.2, 0.25) is 5.91 Å². The highest BCUT2D eigenvalue weighted by Gasteiger charge is 2.26. The minimum atomic E-state index is 0.105. The van der Waals surface area contributed by atoms with E-state index >= 15 is 0 Å². The van der Waals surface area contributed by atoms with E-state index in [2.05, 4.69) is 10.9 Å². The molecule has 1 aliphatic rings. The van der Waals surface area contributed by atoms with E-state index < -0.39 is 0 Å². The summed E-state index contributed by atoms with van der Waals surface area (Å²) >= 11 is 6.55. The Labute approximate surface area is 116 Å². The maximum Gasteiger partial charge on any atom is 0.228 e. The van der Waals surface area contributed by atoms with Crippen LogP contribution in [0.2, 0.25) is 0 Å². The molecule has 0 aromatic carbocycles. The summed E-state index contributed by atoms with van der Waals surface area (Å²) in [6.45, 7) is 3.16. The van der Waals surface area contributed by atoms with E-state index in [4.69, 9.17) is 18.6 Å². The van der Waals surface area contributed by atoms with Crippen LogP contribution < -0.4 is 0 Å². The number of carbonyl (C=O) groups excluding carboxylic acids is 1. The summed E-state index contributed by atoms with van der Waals surface area (Å²) in [5, 5.41) is 0. The molecule has 1 aromatic heterocycles. The SMILES string of the molecule is C#CCN(CC1CC1)C(=O)Cc1sc(=S)[nH]c1C. The Hall–Kier alpha value is -1.12. The monoisotopic (exact) mass is 280 g/mol. The lowest BCUT2D eigenvalue weighted by atomic mass is 10.2. The Morgan fingerprint density at radius 2 is 2.39 bits per heavy atom. The lowest BCUT2D eigenvalue weighted by Gasteiger charge is -2.19. The van der Waals surface area contributed by atoms with Crippen LogP contribution in [-0.4, -0.2) is 28.9 Å². The topological polar surface area (TPSA) is 36.1 Å². The van der Waals surface area contributed by atoms with Crippen molar-refractivity contribution < 1.29 is 4.79 Å². The molecule has 0 aliphatic heterocycles. The number of aromatic amines is 1. The van der Waals surface area contributed by atoms with Crippen LogP contribution in [0.5, 0.6) is 0 Å². The number of rotatable bonds is 5. The van der Waals surface area contributed by atoms with E-state index in [0.717, 1.165) is 21.1 Å². The third kappa shape index (κ3) is 3.44. The van der Waals surface area contributed by atoms with Crippen LogP contribution >= 0.6 is 23.6 Å². The van der Waals surface area contributed by atoms with Crippen molar-refractivity contribution >= 4 is 29.5 Å². The van der Waals surface area contributed by atoms with Gasteiger partial charge in [-0.05, 0) is 37.9 Å². The van der Waals surface area contributed by atoms with Crippen LogP contribution in [0.3, 0.4) is 0 Å². The Balaban J connectivity index is 2.01. The Morgan fingerprint density at radius 1 is 1.67 bits per heavy atom. The molecule has 1 amide bonds. The van der Waals surface area contributed by atoms with Crippen LogP contribution in [0.25, 0.3) is 0 Å². The number of H-pyrrole nitrogens is 1. The first-order chi connectivity index (χ1) is 8.60. The maximum atomic E-state index is 12.2. The molecule has 96 valence electrons. The molecular formula is C13H16N2OS2. The summed E-state index contributed by atoms with van der Waals surface area (Å²) in [7, 11) is 0. The first-order valence-corrected chi connectivity index (χ1v) is 7.22. The van der Waals surface area contributed by atoms with Gasteiger partial charge in [-0.15, -0.1) is 17.8 Å². The van der Waals surface area contributed by atoms with Crippen molar-refractivity contribution in [2.75, 3.05) is 13.1 Å². The van der Waals surface area contributed by atoms with Gasteiger partial charge in [-0.3, -0.25) is 4.79 Å². The van der Waals surface area contributed by atoms with Crippen LogP contribution in [-0.2, 0) is 11.2 Å². The quantitative estimate of drug-likeness (QED) is 0.664. The van der Waals surface area contributed by atoms with Crippen molar-refractivity contribution in [3.05, 3.63) is 14.5 Å². The van der Waals surface area contributed by atoms with Gasteiger partial charge >= 0.3 is 0 Å². The molecule has 1 fully saturated rings. The zero-order valence-electron chi connectivity index (χ0n) is 10.4. The van der Waals surface area contributed by atoms with Gasteiger partial charge in [0.15, 0.2) is 3.95 Å². The normalized spacial score (nSPS) is 14.2. The number of hydrogen-bond donors (Lipinski definition) is 1. The molecular weight excluding hydrogens is 264 g/mol. The summed E-state index contributed by atoms with van der Waals surface area (Å²) < 4.78 is 0.723. The van der Waals surface area contributed by atoms with E-state index in [0.29, 0.717) is 18.9 Å². The van der Waals surface area contributed by atoms with E-state index in [1.54, 1.807) is 4.90 Å². The molecule has 0 unspecified atom stereocenters. The second kappa shape index (κ2) is 5.68. The number of nitrogens with zero attached hydrogens (tertiary/aromatic N) is 1. The molecule has 3 nitrogen and oxygen atoms in total. The zero-order chi connectivity index (χ0) is 13.1. The molecule has 0 radical (unpaired) electrons. The minimum absolute atomic E-state index is 0.105. The maximum absolute atomic E-state index is 12.2. The highest BCUT2D eigenvalue weighted by molar-refractivity contribution is 7.73. The number of aromatic nitrogens is 1. The van der Waals surface area contributed by atoms with Gasteiger partial charge in [-0.1, -0.05) is 5.92 Å². The smallest absolute Gasteiger partial charge is 0.228 e. The van der Waals surface area contributed by atoms with Crippen molar-refractivity contribution in [2.45, 2.75) is 26.2 Å². The largest absolute Gasteiger partial charge is 0.341 e. The van der Waals surface area contributed by atoms with E-state index in [1.807, 2.05) is 6.92 Å². The van der Waals surface area contributed by atoms with Gasteiger partial charge in [0.05, 0.1) is 13.0 Å². The average Bonchev–Trinajstić information content (AvgIpc) is 3.05. The highest BCUT2D eigenvalue weighted by atomic mass is 32.1. The zero-order valence-corrected chi connectivity index (χ0v) is 12.0. The number of hydrogen-bond acceptors (Lipinski definition) is 3. The molecule has 0 bridgehead atoms. The fourth-order valence-electron chi connectivity index (χ4n) is 1.83. The molecule has 0 atom stereocenters. The van der Waals surface area contributed by atoms with Crippen molar-refractivity contribution in [3.63, 3.8) is 0 Å². The third-order valence-corrected chi connectivity index (χ3v) is 4.38. The summed E-state index contributed by atoms with van der Waals surface area (Å²) in [6.07, 6.45) is 8.16. The lowest BCUT2D eigenvalue weighted by Crippen LogP contribution is -2.34. The van der Waals surface area contributed by atoms with Gasteiger partial charge in [-0.25, -0.2) is 0 Å². The van der Waals surface area contributed by atoms with E-state index in [1.165, 1.54) is 24.2 Å². The molecule has 18 heavy (non-hydrogen) atoms. The summed E-state index contributed by atoms with van der Waals surface area (Å²) in [6, 6.07) is 0. The van der Waals surface area contributed by atoms with Crippen molar-refractivity contribution in [2.24, 2.45) is 5.92 Å². The Kier molecular flexibility index (Phi) is 4.20. The van der Waals surface area contributed by atoms with Crippen molar-refractivity contribution in [3.8, 4) is 12.3 Å². The van der Waals surface area contributed by atoms with Crippen LogP contribution in [0.15, 0.2) is 0 Å². The van der Waals surface area contributed by atoms with Gasteiger partial charge < -0.3 is 9.88 Å². The predicted octanol–water partition coefficient (Wildman–Crippen LogP) is 2.53. The molecule has 1 aliphatic carbocycles. The molecule has 1 saturated carbocycles. The lowest BCUT2D eigenvalue weighted by molar-refractivity contribution is -0.130. The molecule has 1 N–H and O–H groups in total. The fourth-order valence-corrected chi connectivity index (χ4v) is 3.11. The molecule has 2 rings (SSSR count). The van der Waals surface area contributed by atoms with E-state index in [9.17, 15) is 4.79 Å². The van der Waals surface area contributed by atoms with Gasteiger partial charge in [-0.2, -0.15) is 0 Å². The van der Waals surface area contributed by atoms with Gasteiger partial charge in [0.25, 0.3) is 0 Å².